The predicted octanol–water partition coefficient (Wildman–Crippen LogP) is 3.03. The Labute approximate surface area is 215 Å². The van der Waals surface area contributed by atoms with Gasteiger partial charge in [0, 0.05) is 45.7 Å². The van der Waals surface area contributed by atoms with Crippen LogP contribution in [0.5, 0.6) is 0 Å². The van der Waals surface area contributed by atoms with Crippen molar-refractivity contribution in [1.82, 2.24) is 15.1 Å². The number of rotatable bonds is 9. The Bertz CT molecular complexity index is 1250. The number of primary sulfonamides is 1. The Kier molecular flexibility index (Phi) is 8.65. The van der Waals surface area contributed by atoms with Crippen LogP contribution in [0.3, 0.4) is 0 Å². The average molecular weight is 529 g/mol. The number of hydrogen-bond donors (Lipinski definition) is 2. The maximum absolute atomic E-state index is 13.5. The minimum absolute atomic E-state index is 0.0304. The van der Waals surface area contributed by atoms with Gasteiger partial charge in [0.1, 0.15) is 11.6 Å². The van der Waals surface area contributed by atoms with Gasteiger partial charge in [-0.1, -0.05) is 36.4 Å². The number of nitrogens with one attached hydrogen (secondary N) is 1. The van der Waals surface area contributed by atoms with Gasteiger partial charge in [0.2, 0.25) is 15.9 Å². The van der Waals surface area contributed by atoms with Gasteiger partial charge in [0.15, 0.2) is 0 Å². The van der Waals surface area contributed by atoms with E-state index in [1.54, 1.807) is 36.4 Å². The molecule has 3 N–H and O–H groups in total. The van der Waals surface area contributed by atoms with Crippen molar-refractivity contribution in [3.8, 4) is 0 Å². The third-order valence-electron chi connectivity index (χ3n) is 6.54. The summed E-state index contributed by atoms with van der Waals surface area (Å²) >= 11 is 0. The zero-order chi connectivity index (χ0) is 26.4. The molecule has 0 spiro atoms. The second-order valence-corrected chi connectivity index (χ2v) is 10.7. The van der Waals surface area contributed by atoms with E-state index in [-0.39, 0.29) is 28.5 Å². The highest BCUT2D eigenvalue weighted by Crippen LogP contribution is 2.30. The van der Waals surface area contributed by atoms with Crippen LogP contribution in [0.4, 0.5) is 8.78 Å². The van der Waals surface area contributed by atoms with E-state index in [1.807, 2.05) is 0 Å². The van der Waals surface area contributed by atoms with Gasteiger partial charge in [-0.2, -0.15) is 0 Å². The largest absolute Gasteiger partial charge is 0.352 e. The molecule has 3 aromatic rings. The first kappa shape index (κ1) is 26.9. The number of piperazine rings is 1. The van der Waals surface area contributed by atoms with E-state index < -0.39 is 10.0 Å². The molecule has 1 heterocycles. The number of carbonyl (C=O) groups is 1. The summed E-state index contributed by atoms with van der Waals surface area (Å²) < 4.78 is 49.8. The number of benzene rings is 3. The van der Waals surface area contributed by atoms with Crippen molar-refractivity contribution in [2.24, 2.45) is 5.14 Å². The summed E-state index contributed by atoms with van der Waals surface area (Å²) in [6.07, 6.45) is 0.342. The fourth-order valence-corrected chi connectivity index (χ4v) is 5.01. The van der Waals surface area contributed by atoms with Gasteiger partial charge < -0.3 is 10.2 Å². The summed E-state index contributed by atoms with van der Waals surface area (Å²) in [7, 11) is -3.74. The molecule has 0 unspecified atom stereocenters. The van der Waals surface area contributed by atoms with Gasteiger partial charge >= 0.3 is 0 Å². The van der Waals surface area contributed by atoms with Crippen LogP contribution in [0.1, 0.15) is 29.2 Å². The number of carbonyl (C=O) groups excluding carboxylic acids is 1. The first-order valence-electron chi connectivity index (χ1n) is 12.0. The first-order valence-corrected chi connectivity index (χ1v) is 13.6. The third kappa shape index (κ3) is 7.42. The van der Waals surface area contributed by atoms with Crippen molar-refractivity contribution < 1.29 is 22.0 Å². The minimum atomic E-state index is -3.74. The van der Waals surface area contributed by atoms with Crippen molar-refractivity contribution in [3.63, 3.8) is 0 Å². The average Bonchev–Trinajstić information content (AvgIpc) is 2.89. The second-order valence-electron chi connectivity index (χ2n) is 9.10. The van der Waals surface area contributed by atoms with Crippen LogP contribution in [0.2, 0.25) is 0 Å². The van der Waals surface area contributed by atoms with Crippen LogP contribution < -0.4 is 10.5 Å². The topological polar surface area (TPSA) is 95.7 Å². The number of hydrogen-bond acceptors (Lipinski definition) is 5. The lowest BCUT2D eigenvalue weighted by atomic mass is 9.96. The molecule has 37 heavy (non-hydrogen) atoms. The summed E-state index contributed by atoms with van der Waals surface area (Å²) in [6.45, 7) is 3.94. The summed E-state index contributed by atoms with van der Waals surface area (Å²) in [5.74, 6) is -0.691. The molecule has 0 saturated carbocycles. The molecule has 3 aromatic carbocycles. The van der Waals surface area contributed by atoms with Crippen LogP contribution in [-0.2, 0) is 21.4 Å². The number of amides is 1. The highest BCUT2D eigenvalue weighted by molar-refractivity contribution is 7.89. The van der Waals surface area contributed by atoms with Crippen molar-refractivity contribution in [2.45, 2.75) is 23.9 Å². The molecule has 1 saturated heterocycles. The zero-order valence-electron chi connectivity index (χ0n) is 20.3. The molecule has 1 amide bonds. The van der Waals surface area contributed by atoms with E-state index in [1.165, 1.54) is 36.4 Å². The quantitative estimate of drug-likeness (QED) is 0.445. The van der Waals surface area contributed by atoms with Crippen LogP contribution in [-0.4, -0.2) is 56.8 Å². The molecule has 0 atom stereocenters. The maximum Gasteiger partial charge on any atom is 0.238 e. The van der Waals surface area contributed by atoms with Crippen LogP contribution in [0.15, 0.2) is 77.7 Å². The molecule has 10 heteroatoms. The Hall–Kier alpha value is -3.18. The standard InChI is InChI=1S/C27H30F2N4O3S/c28-23-7-3-21(4-8-23)27(22-5-9-24(29)10-6-22)33-17-15-32(16-18-33)14-13-26(34)31-19-20-1-11-25(12-2-20)37(30,35)36/h1-12,27H,13-19H2,(H,31,34)(H2,30,35,36). The lowest BCUT2D eigenvalue weighted by Gasteiger charge is -2.39. The Balaban J connectivity index is 1.28. The van der Waals surface area contributed by atoms with E-state index in [0.717, 1.165) is 42.9 Å². The highest BCUT2D eigenvalue weighted by Gasteiger charge is 2.26. The molecule has 1 aliphatic heterocycles. The first-order chi connectivity index (χ1) is 17.7. The number of halogens is 2. The van der Waals surface area contributed by atoms with Gasteiger partial charge in [-0.15, -0.1) is 0 Å². The van der Waals surface area contributed by atoms with Crippen LogP contribution >= 0.6 is 0 Å². The lowest BCUT2D eigenvalue weighted by Crippen LogP contribution is -2.48. The minimum Gasteiger partial charge on any atom is -0.352 e. The zero-order valence-corrected chi connectivity index (χ0v) is 21.1. The smallest absolute Gasteiger partial charge is 0.238 e. The highest BCUT2D eigenvalue weighted by atomic mass is 32.2. The SMILES string of the molecule is NS(=O)(=O)c1ccc(CNC(=O)CCN2CCN(C(c3ccc(F)cc3)c3ccc(F)cc3)CC2)cc1. The van der Waals surface area contributed by atoms with Gasteiger partial charge in [-0.25, -0.2) is 22.3 Å². The Morgan fingerprint density at radius 3 is 1.84 bits per heavy atom. The molecular formula is C27H30F2N4O3S. The monoisotopic (exact) mass is 528 g/mol. The van der Waals surface area contributed by atoms with E-state index in [9.17, 15) is 22.0 Å². The van der Waals surface area contributed by atoms with Crippen LogP contribution in [0, 0.1) is 11.6 Å². The van der Waals surface area contributed by atoms with Crippen molar-refractivity contribution in [2.75, 3.05) is 32.7 Å². The number of sulfonamides is 1. The summed E-state index contributed by atoms with van der Waals surface area (Å²) in [5.41, 5.74) is 2.66. The van der Waals surface area contributed by atoms with Crippen molar-refractivity contribution in [1.29, 1.82) is 0 Å². The third-order valence-corrected chi connectivity index (χ3v) is 7.47. The summed E-state index contributed by atoms with van der Waals surface area (Å²) in [4.78, 5) is 16.9. The summed E-state index contributed by atoms with van der Waals surface area (Å²) in [6, 6.07) is 18.8. The van der Waals surface area contributed by atoms with E-state index >= 15 is 0 Å². The molecule has 0 aromatic heterocycles. The maximum atomic E-state index is 13.5. The van der Waals surface area contributed by atoms with Crippen LogP contribution in [0.25, 0.3) is 0 Å². The fraction of sp³-hybridized carbons (Fsp3) is 0.296. The molecule has 0 radical (unpaired) electrons. The molecular weight excluding hydrogens is 498 g/mol. The predicted molar refractivity (Wildman–Crippen MR) is 137 cm³/mol. The normalized spacial score (nSPS) is 15.1. The van der Waals surface area contributed by atoms with Gasteiger partial charge in [-0.3, -0.25) is 9.69 Å². The molecule has 0 aliphatic carbocycles. The van der Waals surface area contributed by atoms with Crippen molar-refractivity contribution >= 4 is 15.9 Å². The molecule has 0 bridgehead atoms. The fourth-order valence-electron chi connectivity index (χ4n) is 4.50. The molecule has 1 fully saturated rings. The molecule has 7 nitrogen and oxygen atoms in total. The second kappa shape index (κ2) is 11.9. The summed E-state index contributed by atoms with van der Waals surface area (Å²) in [5, 5.41) is 7.96. The lowest BCUT2D eigenvalue weighted by molar-refractivity contribution is -0.121. The molecule has 4 rings (SSSR count). The van der Waals surface area contributed by atoms with E-state index in [0.29, 0.717) is 19.5 Å². The Morgan fingerprint density at radius 2 is 1.35 bits per heavy atom. The van der Waals surface area contributed by atoms with E-state index in [2.05, 4.69) is 15.1 Å². The van der Waals surface area contributed by atoms with E-state index in [4.69, 9.17) is 5.14 Å². The molecule has 196 valence electrons. The van der Waals surface area contributed by atoms with Gasteiger partial charge in [-0.05, 0) is 53.1 Å². The molecule has 1 aliphatic rings. The number of nitrogens with two attached hydrogens (primary N) is 1. The number of nitrogens with zero attached hydrogens (tertiary/aromatic N) is 2. The van der Waals surface area contributed by atoms with Gasteiger partial charge in [0.25, 0.3) is 0 Å². The van der Waals surface area contributed by atoms with Gasteiger partial charge in [0.05, 0.1) is 10.9 Å². The Morgan fingerprint density at radius 1 is 0.838 bits per heavy atom. The van der Waals surface area contributed by atoms with Crippen molar-refractivity contribution in [3.05, 3.63) is 101 Å².